The molecule has 6 N–H and O–H groups in total. The zero-order valence-corrected chi connectivity index (χ0v) is 24.0. The molecule has 0 spiro atoms. The van der Waals surface area contributed by atoms with E-state index in [1.165, 1.54) is 47.3 Å². The van der Waals surface area contributed by atoms with E-state index in [4.69, 9.17) is 32.0 Å². The summed E-state index contributed by atoms with van der Waals surface area (Å²) in [6, 6.07) is 13.3. The van der Waals surface area contributed by atoms with Crippen molar-refractivity contribution in [1.29, 1.82) is 0 Å². The van der Waals surface area contributed by atoms with E-state index >= 15 is 0 Å². The van der Waals surface area contributed by atoms with Crippen LogP contribution in [0.15, 0.2) is 41.3 Å². The number of aliphatic carboxylic acids is 2. The van der Waals surface area contributed by atoms with Crippen molar-refractivity contribution in [3.63, 3.8) is 0 Å². The first-order chi connectivity index (χ1) is 18.5. The van der Waals surface area contributed by atoms with Crippen LogP contribution in [-0.2, 0) is 29.0 Å². The van der Waals surface area contributed by atoms with Crippen LogP contribution in [-0.4, -0.2) is 62.9 Å². The quantitative estimate of drug-likeness (QED) is 0.266. The number of thioether (sulfide) groups is 1. The van der Waals surface area contributed by atoms with Crippen LogP contribution in [0.2, 0.25) is 5.02 Å². The largest absolute Gasteiger partial charge is 0.479 e. The van der Waals surface area contributed by atoms with Gasteiger partial charge in [-0.25, -0.2) is 9.59 Å². The number of aliphatic hydroxyl groups is 2. The summed E-state index contributed by atoms with van der Waals surface area (Å²) >= 11 is 8.62. The van der Waals surface area contributed by atoms with Crippen molar-refractivity contribution in [2.45, 2.75) is 81.3 Å². The molecule has 2 aliphatic rings. The Morgan fingerprint density at radius 2 is 1.69 bits per heavy atom. The molecule has 214 valence electrons. The van der Waals surface area contributed by atoms with E-state index in [2.05, 4.69) is 66.6 Å². The average molecular weight is 579 g/mol. The summed E-state index contributed by atoms with van der Waals surface area (Å²) in [6.45, 7) is 7.71. The van der Waals surface area contributed by atoms with Gasteiger partial charge in [0.25, 0.3) is 0 Å². The van der Waals surface area contributed by atoms with Gasteiger partial charge in [-0.15, -0.1) is 11.8 Å². The van der Waals surface area contributed by atoms with Crippen molar-refractivity contribution < 1.29 is 30.0 Å². The number of aliphatic hydroxyl groups excluding tert-OH is 2. The zero-order valence-electron chi connectivity index (χ0n) is 22.5. The number of anilines is 1. The number of fused-ring (bicyclic) bond motifs is 1. The molecule has 10 heteroatoms. The SMILES string of the molecule is CC1(C)CCCC(Sc2ccc(CNc3c(Cl)ccc4c3CCNCC4)cc2)C1.O=C(O)[C@H](O)[C@@H](O)C(=O)O. The molecule has 4 rings (SSSR count). The molecule has 2 aromatic carbocycles. The topological polar surface area (TPSA) is 139 Å². The average Bonchev–Trinajstić information content (AvgIpc) is 3.13. The molecule has 1 aliphatic carbocycles. The highest BCUT2D eigenvalue weighted by atomic mass is 35.5. The Morgan fingerprint density at radius 3 is 2.31 bits per heavy atom. The Kier molecular flexibility index (Phi) is 11.5. The molecule has 1 unspecified atom stereocenters. The predicted octanol–water partition coefficient (Wildman–Crippen LogP) is 4.58. The first kappa shape index (κ1) is 31.2. The third kappa shape index (κ3) is 9.39. The van der Waals surface area contributed by atoms with Gasteiger partial charge in [-0.2, -0.15) is 0 Å². The second-order valence-corrected chi connectivity index (χ2v) is 12.7. The number of nitrogens with one attached hydrogen (secondary N) is 2. The maximum Gasteiger partial charge on any atom is 0.335 e. The standard InChI is InChI=1S/C25H33ClN2S.C4H6O6/c1-25(2)13-3-4-21(16-25)29-20-8-5-18(6-9-20)17-28-24-22-12-15-27-14-11-19(22)7-10-23(24)26;5-1(3(7)8)2(6)4(9)10/h5-10,21,27-28H,3-4,11-17H2,1-2H3;1-2,5-6H,(H,7,8)(H,9,10)/t;1-,2-/m.1/s1. The van der Waals surface area contributed by atoms with E-state index in [9.17, 15) is 9.59 Å². The normalized spacial score (nSPS) is 19.9. The lowest BCUT2D eigenvalue weighted by Gasteiger charge is -2.34. The van der Waals surface area contributed by atoms with E-state index in [0.717, 1.165) is 48.4 Å². The molecule has 1 heterocycles. The second kappa shape index (κ2) is 14.4. The molecule has 1 saturated carbocycles. The van der Waals surface area contributed by atoms with Gasteiger partial charge in [0.15, 0.2) is 12.2 Å². The summed E-state index contributed by atoms with van der Waals surface area (Å²) in [5.41, 5.74) is 5.73. The summed E-state index contributed by atoms with van der Waals surface area (Å²) in [4.78, 5) is 20.9. The Morgan fingerprint density at radius 1 is 1.05 bits per heavy atom. The lowest BCUT2D eigenvalue weighted by molar-refractivity contribution is -0.165. The predicted molar refractivity (Wildman–Crippen MR) is 155 cm³/mol. The summed E-state index contributed by atoms with van der Waals surface area (Å²) < 4.78 is 0. The van der Waals surface area contributed by atoms with Gasteiger partial charge >= 0.3 is 11.9 Å². The van der Waals surface area contributed by atoms with Crippen molar-refractivity contribution in [2.75, 3.05) is 18.4 Å². The summed E-state index contributed by atoms with van der Waals surface area (Å²) in [5.74, 6) is -3.54. The van der Waals surface area contributed by atoms with E-state index in [1.807, 2.05) is 6.07 Å². The van der Waals surface area contributed by atoms with E-state index < -0.39 is 24.1 Å². The van der Waals surface area contributed by atoms with E-state index in [1.54, 1.807) is 0 Å². The van der Waals surface area contributed by atoms with Gasteiger partial charge in [-0.1, -0.05) is 50.1 Å². The third-order valence-electron chi connectivity index (χ3n) is 7.14. The van der Waals surface area contributed by atoms with Crippen molar-refractivity contribution >= 4 is 41.0 Å². The van der Waals surface area contributed by atoms with Crippen LogP contribution in [0, 0.1) is 5.41 Å². The van der Waals surface area contributed by atoms with Crippen LogP contribution in [0.1, 0.15) is 56.2 Å². The minimum atomic E-state index is -2.27. The molecular weight excluding hydrogens is 540 g/mol. The number of halogens is 1. The number of hydrogen-bond donors (Lipinski definition) is 6. The van der Waals surface area contributed by atoms with Crippen LogP contribution < -0.4 is 10.6 Å². The number of hydrogen-bond acceptors (Lipinski definition) is 7. The lowest BCUT2D eigenvalue weighted by Crippen LogP contribution is -2.39. The lowest BCUT2D eigenvalue weighted by atomic mass is 9.77. The third-order valence-corrected chi connectivity index (χ3v) is 8.74. The summed E-state index contributed by atoms with van der Waals surface area (Å²) in [5, 5.41) is 41.2. The van der Waals surface area contributed by atoms with E-state index in [-0.39, 0.29) is 0 Å². The fourth-order valence-corrected chi connectivity index (χ4v) is 6.74. The van der Waals surface area contributed by atoms with Crippen molar-refractivity contribution in [3.8, 4) is 0 Å². The number of carbonyl (C=O) groups is 2. The maximum absolute atomic E-state index is 9.77. The smallest absolute Gasteiger partial charge is 0.335 e. The fourth-order valence-electron chi connectivity index (χ4n) is 5.00. The molecule has 1 fully saturated rings. The summed E-state index contributed by atoms with van der Waals surface area (Å²) in [6.07, 6.45) is 2.99. The minimum Gasteiger partial charge on any atom is -0.479 e. The molecular formula is C29H39ClN2O6S. The molecule has 3 atom stereocenters. The number of carboxylic acid groups (broad SMARTS) is 2. The van der Waals surface area contributed by atoms with Crippen molar-refractivity contribution in [3.05, 3.63) is 58.1 Å². The Bertz CT molecular complexity index is 1110. The van der Waals surface area contributed by atoms with Gasteiger partial charge in [0.05, 0.1) is 10.7 Å². The summed E-state index contributed by atoms with van der Waals surface area (Å²) in [7, 11) is 0. The van der Waals surface area contributed by atoms with Gasteiger partial charge in [0, 0.05) is 16.7 Å². The molecule has 0 aromatic heterocycles. The number of benzene rings is 2. The Balaban J connectivity index is 0.000000360. The highest BCUT2D eigenvalue weighted by Crippen LogP contribution is 2.42. The van der Waals surface area contributed by atoms with Gasteiger partial charge in [0.1, 0.15) is 0 Å². The highest BCUT2D eigenvalue weighted by Gasteiger charge is 2.29. The molecule has 0 saturated heterocycles. The minimum absolute atomic E-state index is 0.502. The zero-order chi connectivity index (χ0) is 28.6. The van der Waals surface area contributed by atoms with Crippen LogP contribution in [0.4, 0.5) is 5.69 Å². The van der Waals surface area contributed by atoms with E-state index in [0.29, 0.717) is 5.41 Å². The van der Waals surface area contributed by atoms with Gasteiger partial charge in [0.2, 0.25) is 0 Å². The molecule has 8 nitrogen and oxygen atoms in total. The molecule has 1 aliphatic heterocycles. The van der Waals surface area contributed by atoms with Crippen LogP contribution in [0.3, 0.4) is 0 Å². The molecule has 39 heavy (non-hydrogen) atoms. The highest BCUT2D eigenvalue weighted by molar-refractivity contribution is 8.00. The first-order valence-corrected chi connectivity index (χ1v) is 14.5. The Labute approximate surface area is 239 Å². The first-order valence-electron chi connectivity index (χ1n) is 13.3. The molecule has 0 radical (unpaired) electrons. The molecule has 0 amide bonds. The van der Waals surface area contributed by atoms with Crippen LogP contribution >= 0.6 is 23.4 Å². The molecule has 0 bridgehead atoms. The van der Waals surface area contributed by atoms with Crippen LogP contribution in [0.5, 0.6) is 0 Å². The Hall–Kier alpha value is -2.30. The number of rotatable bonds is 8. The number of carboxylic acids is 2. The monoisotopic (exact) mass is 578 g/mol. The molecule has 2 aromatic rings. The van der Waals surface area contributed by atoms with Crippen molar-refractivity contribution in [1.82, 2.24) is 5.32 Å². The van der Waals surface area contributed by atoms with Gasteiger partial charge in [-0.05, 0) is 85.5 Å². The van der Waals surface area contributed by atoms with Gasteiger partial charge in [-0.3, -0.25) is 0 Å². The van der Waals surface area contributed by atoms with Gasteiger partial charge < -0.3 is 31.1 Å². The fraction of sp³-hybridized carbons (Fsp3) is 0.517. The maximum atomic E-state index is 9.77. The second-order valence-electron chi connectivity index (χ2n) is 10.9. The van der Waals surface area contributed by atoms with Crippen molar-refractivity contribution in [2.24, 2.45) is 5.41 Å². The van der Waals surface area contributed by atoms with Crippen LogP contribution in [0.25, 0.3) is 0 Å².